The first kappa shape index (κ1) is 9.42. The molecule has 0 unspecified atom stereocenters. The summed E-state index contributed by atoms with van der Waals surface area (Å²) in [7, 11) is 0. The highest BCUT2D eigenvalue weighted by Crippen LogP contribution is 2.24. The van der Waals surface area contributed by atoms with Crippen molar-refractivity contribution in [2.45, 2.75) is 0 Å². The molecule has 0 spiro atoms. The van der Waals surface area contributed by atoms with Crippen LogP contribution in [0.5, 0.6) is 0 Å². The molecule has 0 bridgehead atoms. The minimum atomic E-state index is 0.255. The monoisotopic (exact) mass is 270 g/mol. The summed E-state index contributed by atoms with van der Waals surface area (Å²) in [6, 6.07) is 1.97. The van der Waals surface area contributed by atoms with Crippen molar-refractivity contribution >= 4 is 44.7 Å². The van der Waals surface area contributed by atoms with Crippen LogP contribution < -0.4 is 11.1 Å². The van der Waals surface area contributed by atoms with E-state index in [0.717, 1.165) is 10.2 Å². The third-order valence-electron chi connectivity index (χ3n) is 1.55. The van der Waals surface area contributed by atoms with E-state index in [0.29, 0.717) is 5.82 Å². The topological polar surface area (TPSA) is 63.8 Å². The lowest BCUT2D eigenvalue weighted by Gasteiger charge is -2.04. The van der Waals surface area contributed by atoms with Crippen LogP contribution in [0.1, 0.15) is 0 Å². The van der Waals surface area contributed by atoms with E-state index < -0.39 is 0 Å². The Balaban J connectivity index is 2.28. The lowest BCUT2D eigenvalue weighted by Crippen LogP contribution is -1.99. The number of hydrogen-bond acceptors (Lipinski definition) is 5. The van der Waals surface area contributed by atoms with Gasteiger partial charge < -0.3 is 11.1 Å². The number of halogens is 1. The second-order valence-electron chi connectivity index (χ2n) is 2.56. The highest BCUT2D eigenvalue weighted by atomic mass is 79.9. The Hall–Kier alpha value is -1.14. The summed E-state index contributed by atoms with van der Waals surface area (Å²) in [6.45, 7) is 0. The molecule has 0 radical (unpaired) electrons. The second-order valence-corrected chi connectivity index (χ2v) is 4.20. The first-order valence-electron chi connectivity index (χ1n) is 3.83. The van der Waals surface area contributed by atoms with E-state index in [4.69, 9.17) is 5.73 Å². The van der Waals surface area contributed by atoms with Crippen molar-refractivity contribution in [2.24, 2.45) is 0 Å². The summed E-state index contributed by atoms with van der Waals surface area (Å²) < 4.78 is 0.790. The van der Waals surface area contributed by atoms with Crippen molar-refractivity contribution in [3.8, 4) is 0 Å². The normalized spacial score (nSPS) is 10.1. The van der Waals surface area contributed by atoms with Gasteiger partial charge in [0.1, 0.15) is 5.82 Å². The number of rotatable bonds is 2. The van der Waals surface area contributed by atoms with Gasteiger partial charge in [0.15, 0.2) is 0 Å². The summed E-state index contributed by atoms with van der Waals surface area (Å²) in [4.78, 5) is 7.91. The smallest absolute Gasteiger partial charge is 0.222 e. The van der Waals surface area contributed by atoms with Gasteiger partial charge in [-0.15, -0.1) is 0 Å². The quantitative estimate of drug-likeness (QED) is 0.881. The molecule has 4 nitrogen and oxygen atoms in total. The number of nitrogen functional groups attached to an aromatic ring is 1. The minimum Gasteiger partial charge on any atom is -0.368 e. The highest BCUT2D eigenvalue weighted by Gasteiger charge is 2.03. The van der Waals surface area contributed by atoms with Crippen LogP contribution in [-0.4, -0.2) is 9.97 Å². The lowest BCUT2D eigenvalue weighted by molar-refractivity contribution is 1.17. The zero-order valence-electron chi connectivity index (χ0n) is 7.07. The number of nitrogens with zero attached hydrogens (tertiary/aromatic N) is 2. The largest absolute Gasteiger partial charge is 0.368 e. The van der Waals surface area contributed by atoms with Crippen molar-refractivity contribution in [1.82, 2.24) is 9.97 Å². The fourth-order valence-corrected chi connectivity index (χ4v) is 1.82. The standard InChI is InChI=1S/C8H7BrN4S/c9-6-3-11-8(10)13-7(6)12-5-1-2-14-4-5/h1-4H,(H3,10,11,12,13). The van der Waals surface area contributed by atoms with Gasteiger partial charge >= 0.3 is 0 Å². The van der Waals surface area contributed by atoms with Gasteiger partial charge in [0.2, 0.25) is 5.95 Å². The molecule has 3 N–H and O–H groups in total. The molecule has 2 heterocycles. The predicted molar refractivity (Wildman–Crippen MR) is 61.7 cm³/mol. The highest BCUT2D eigenvalue weighted by molar-refractivity contribution is 9.10. The molecule has 0 aliphatic heterocycles. The average Bonchev–Trinajstić information content (AvgIpc) is 2.64. The second kappa shape index (κ2) is 3.93. The molecule has 0 aromatic carbocycles. The van der Waals surface area contributed by atoms with Gasteiger partial charge in [0.05, 0.1) is 10.2 Å². The van der Waals surface area contributed by atoms with E-state index >= 15 is 0 Å². The number of hydrogen-bond donors (Lipinski definition) is 2. The first-order valence-corrected chi connectivity index (χ1v) is 5.56. The number of thiophene rings is 1. The van der Waals surface area contributed by atoms with E-state index in [1.54, 1.807) is 17.5 Å². The van der Waals surface area contributed by atoms with Crippen LogP contribution >= 0.6 is 27.3 Å². The summed E-state index contributed by atoms with van der Waals surface area (Å²) in [5, 5.41) is 7.10. The zero-order chi connectivity index (χ0) is 9.97. The Morgan fingerprint density at radius 3 is 3.07 bits per heavy atom. The van der Waals surface area contributed by atoms with Gasteiger partial charge in [0.25, 0.3) is 0 Å². The van der Waals surface area contributed by atoms with Crippen LogP contribution in [0.2, 0.25) is 0 Å². The maximum Gasteiger partial charge on any atom is 0.222 e. The average molecular weight is 271 g/mol. The summed E-state index contributed by atoms with van der Waals surface area (Å²) in [5.74, 6) is 0.932. The molecule has 2 aromatic rings. The van der Waals surface area contributed by atoms with E-state index in [1.165, 1.54) is 0 Å². The molecule has 14 heavy (non-hydrogen) atoms. The van der Waals surface area contributed by atoms with Gasteiger partial charge in [-0.3, -0.25) is 0 Å². The van der Waals surface area contributed by atoms with Gasteiger partial charge in [0, 0.05) is 11.6 Å². The Labute approximate surface area is 93.3 Å². The Bertz CT molecular complexity index is 429. The van der Waals surface area contributed by atoms with Crippen molar-refractivity contribution in [1.29, 1.82) is 0 Å². The van der Waals surface area contributed by atoms with Crippen molar-refractivity contribution in [3.05, 3.63) is 27.5 Å². The maximum absolute atomic E-state index is 5.48. The molecule has 0 amide bonds. The molecule has 0 saturated heterocycles. The first-order chi connectivity index (χ1) is 6.75. The van der Waals surface area contributed by atoms with Crippen molar-refractivity contribution < 1.29 is 0 Å². The van der Waals surface area contributed by atoms with Crippen LogP contribution in [-0.2, 0) is 0 Å². The van der Waals surface area contributed by atoms with E-state index in [-0.39, 0.29) is 5.95 Å². The number of anilines is 3. The molecule has 0 saturated carbocycles. The molecular formula is C8H7BrN4S. The molecule has 0 aliphatic rings. The Kier molecular flexibility index (Phi) is 2.64. The van der Waals surface area contributed by atoms with E-state index in [1.807, 2.05) is 16.8 Å². The fourth-order valence-electron chi connectivity index (χ4n) is 0.941. The zero-order valence-corrected chi connectivity index (χ0v) is 9.47. The maximum atomic E-state index is 5.48. The Morgan fingerprint density at radius 2 is 2.36 bits per heavy atom. The molecule has 6 heteroatoms. The lowest BCUT2D eigenvalue weighted by atomic mass is 10.5. The minimum absolute atomic E-state index is 0.255. The Morgan fingerprint density at radius 1 is 1.50 bits per heavy atom. The number of nitrogens with one attached hydrogen (secondary N) is 1. The van der Waals surface area contributed by atoms with Crippen molar-refractivity contribution in [2.75, 3.05) is 11.1 Å². The number of nitrogens with two attached hydrogens (primary N) is 1. The third-order valence-corrected chi connectivity index (χ3v) is 2.81. The molecule has 2 rings (SSSR count). The van der Waals surface area contributed by atoms with Crippen LogP contribution in [0.4, 0.5) is 17.5 Å². The van der Waals surface area contributed by atoms with E-state index in [2.05, 4.69) is 31.2 Å². The van der Waals surface area contributed by atoms with Crippen LogP contribution in [0.3, 0.4) is 0 Å². The number of aromatic nitrogens is 2. The fraction of sp³-hybridized carbons (Fsp3) is 0. The van der Waals surface area contributed by atoms with Gasteiger partial charge in [-0.1, -0.05) is 0 Å². The third kappa shape index (κ3) is 2.02. The molecular weight excluding hydrogens is 264 g/mol. The van der Waals surface area contributed by atoms with E-state index in [9.17, 15) is 0 Å². The summed E-state index contributed by atoms with van der Waals surface area (Å²) in [5.41, 5.74) is 6.47. The van der Waals surface area contributed by atoms with Crippen LogP contribution in [0, 0.1) is 0 Å². The van der Waals surface area contributed by atoms with Gasteiger partial charge in [-0.05, 0) is 27.4 Å². The SMILES string of the molecule is Nc1ncc(Br)c(Nc2ccsc2)n1. The van der Waals surface area contributed by atoms with Crippen molar-refractivity contribution in [3.63, 3.8) is 0 Å². The molecule has 72 valence electrons. The van der Waals surface area contributed by atoms with Gasteiger partial charge in [-0.2, -0.15) is 16.3 Å². The van der Waals surface area contributed by atoms with Crippen LogP contribution in [0.15, 0.2) is 27.5 Å². The summed E-state index contributed by atoms with van der Waals surface area (Å²) >= 11 is 4.95. The molecule has 0 fully saturated rings. The van der Waals surface area contributed by atoms with Gasteiger partial charge in [-0.25, -0.2) is 4.98 Å². The van der Waals surface area contributed by atoms with Crippen LogP contribution in [0.25, 0.3) is 0 Å². The molecule has 0 atom stereocenters. The predicted octanol–water partition coefficient (Wildman–Crippen LogP) is 2.63. The molecule has 2 aromatic heterocycles. The molecule has 0 aliphatic carbocycles. The summed E-state index contributed by atoms with van der Waals surface area (Å²) in [6.07, 6.45) is 1.62.